The molecule has 3 aliphatic carbocycles. The van der Waals surface area contributed by atoms with E-state index in [-0.39, 0.29) is 11.7 Å². The van der Waals surface area contributed by atoms with Crippen molar-refractivity contribution in [2.75, 3.05) is 0 Å². The lowest BCUT2D eigenvalue weighted by Gasteiger charge is -2.42. The van der Waals surface area contributed by atoms with E-state index in [1.807, 2.05) is 18.2 Å². The van der Waals surface area contributed by atoms with E-state index in [1.165, 1.54) is 43.5 Å². The predicted molar refractivity (Wildman–Crippen MR) is 104 cm³/mol. The Morgan fingerprint density at radius 2 is 1.75 bits per heavy atom. The van der Waals surface area contributed by atoms with Crippen LogP contribution in [0.5, 0.6) is 0 Å². The maximum absolute atomic E-state index is 13.0. The molecule has 0 heterocycles. The van der Waals surface area contributed by atoms with Crippen molar-refractivity contribution in [1.82, 2.24) is 0 Å². The molecule has 3 fully saturated rings. The summed E-state index contributed by atoms with van der Waals surface area (Å²) >= 11 is 0. The number of rotatable bonds is 4. The second-order valence-corrected chi connectivity index (χ2v) is 8.51. The SMILES string of the molecule is O=C(O[C@@]1(c2ccccc2)C[C@@H]2C[C@@H]1[C@H]1CCC[C@H]21)c1ccc([N+](=O)[O-])cc1. The van der Waals surface area contributed by atoms with Crippen molar-refractivity contribution >= 4 is 11.7 Å². The molecule has 0 radical (unpaired) electrons. The highest BCUT2D eigenvalue weighted by atomic mass is 16.6. The van der Waals surface area contributed by atoms with Gasteiger partial charge in [-0.05, 0) is 61.1 Å². The smallest absolute Gasteiger partial charge is 0.339 e. The summed E-state index contributed by atoms with van der Waals surface area (Å²) in [5.41, 5.74) is 0.855. The highest BCUT2D eigenvalue weighted by molar-refractivity contribution is 5.90. The number of hydrogen-bond acceptors (Lipinski definition) is 4. The normalized spacial score (nSPS) is 32.9. The Morgan fingerprint density at radius 1 is 1.04 bits per heavy atom. The number of hydrogen-bond donors (Lipinski definition) is 0. The van der Waals surface area contributed by atoms with Gasteiger partial charge in [0.2, 0.25) is 0 Å². The highest BCUT2D eigenvalue weighted by Crippen LogP contribution is 2.66. The molecule has 2 aromatic carbocycles. The number of ether oxygens (including phenoxy) is 1. The largest absolute Gasteiger partial charge is 0.450 e. The van der Waals surface area contributed by atoms with E-state index < -0.39 is 10.5 Å². The number of carbonyl (C=O) groups is 1. The van der Waals surface area contributed by atoms with Crippen molar-refractivity contribution in [3.05, 3.63) is 75.8 Å². The molecular weight excluding hydrogens is 354 g/mol. The van der Waals surface area contributed by atoms with Crippen LogP contribution in [0.25, 0.3) is 0 Å². The second kappa shape index (κ2) is 6.43. The molecule has 144 valence electrons. The van der Waals surface area contributed by atoms with E-state index in [4.69, 9.17) is 4.74 Å². The summed E-state index contributed by atoms with van der Waals surface area (Å²) < 4.78 is 6.30. The van der Waals surface area contributed by atoms with Crippen molar-refractivity contribution in [3.63, 3.8) is 0 Å². The molecule has 0 spiro atoms. The van der Waals surface area contributed by atoms with Gasteiger partial charge >= 0.3 is 5.97 Å². The fraction of sp³-hybridized carbons (Fsp3) is 0.435. The van der Waals surface area contributed by atoms with Crippen LogP contribution in [-0.2, 0) is 10.3 Å². The minimum atomic E-state index is -0.573. The maximum Gasteiger partial charge on any atom is 0.339 e. The Balaban J connectivity index is 1.48. The molecule has 5 rings (SSSR count). The lowest BCUT2D eigenvalue weighted by Crippen LogP contribution is -2.43. The lowest BCUT2D eigenvalue weighted by molar-refractivity contribution is -0.384. The Bertz CT molecular complexity index is 910. The Labute approximate surface area is 163 Å². The third-order valence-electron chi connectivity index (χ3n) is 7.32. The minimum Gasteiger partial charge on any atom is -0.450 e. The van der Waals surface area contributed by atoms with Gasteiger partial charge in [-0.2, -0.15) is 0 Å². The molecule has 5 nitrogen and oxygen atoms in total. The van der Waals surface area contributed by atoms with Gasteiger partial charge in [0.1, 0.15) is 5.60 Å². The number of nitro groups is 1. The van der Waals surface area contributed by atoms with Crippen molar-refractivity contribution in [2.45, 2.75) is 37.7 Å². The number of fused-ring (bicyclic) bond motifs is 5. The fourth-order valence-corrected chi connectivity index (χ4v) is 6.26. The van der Waals surface area contributed by atoms with Gasteiger partial charge in [-0.3, -0.25) is 10.1 Å². The average molecular weight is 377 g/mol. The molecule has 3 aliphatic rings. The zero-order chi connectivity index (χ0) is 19.3. The number of carbonyl (C=O) groups excluding carboxylic acids is 1. The van der Waals surface area contributed by atoms with Crippen LogP contribution in [-0.4, -0.2) is 10.9 Å². The summed E-state index contributed by atoms with van der Waals surface area (Å²) in [6.45, 7) is 0. The van der Waals surface area contributed by atoms with Crippen LogP contribution in [0.15, 0.2) is 54.6 Å². The van der Waals surface area contributed by atoms with E-state index in [9.17, 15) is 14.9 Å². The van der Waals surface area contributed by atoms with Gasteiger partial charge < -0.3 is 4.74 Å². The number of benzene rings is 2. The molecule has 2 aromatic rings. The predicted octanol–water partition coefficient (Wildman–Crippen LogP) is 5.10. The molecule has 0 aliphatic heterocycles. The lowest BCUT2D eigenvalue weighted by atomic mass is 9.70. The summed E-state index contributed by atoms with van der Waals surface area (Å²) in [6.07, 6.45) is 5.85. The molecule has 0 aromatic heterocycles. The molecule has 2 bridgehead atoms. The Morgan fingerprint density at radius 3 is 2.46 bits per heavy atom. The molecule has 3 saturated carbocycles. The van der Waals surface area contributed by atoms with Crippen molar-refractivity contribution < 1.29 is 14.5 Å². The van der Waals surface area contributed by atoms with Crippen LogP contribution in [0.2, 0.25) is 0 Å². The Kier molecular flexibility index (Phi) is 4.00. The first-order valence-corrected chi connectivity index (χ1v) is 10.1. The molecular formula is C23H23NO4. The quantitative estimate of drug-likeness (QED) is 0.422. The third-order valence-corrected chi connectivity index (χ3v) is 7.32. The molecule has 0 N–H and O–H groups in total. The van der Waals surface area contributed by atoms with E-state index in [1.54, 1.807) is 0 Å². The monoisotopic (exact) mass is 377 g/mol. The summed E-state index contributed by atoms with van der Waals surface area (Å²) in [7, 11) is 0. The molecule has 28 heavy (non-hydrogen) atoms. The zero-order valence-electron chi connectivity index (χ0n) is 15.6. The minimum absolute atomic E-state index is 0.0250. The van der Waals surface area contributed by atoms with Gasteiger partial charge in [0.25, 0.3) is 5.69 Å². The highest BCUT2D eigenvalue weighted by Gasteiger charge is 2.63. The maximum atomic E-state index is 13.0. The van der Waals surface area contributed by atoms with E-state index in [0.29, 0.717) is 23.3 Å². The van der Waals surface area contributed by atoms with Gasteiger partial charge in [-0.25, -0.2) is 4.79 Å². The van der Waals surface area contributed by atoms with Gasteiger partial charge in [0.05, 0.1) is 10.5 Å². The standard InChI is InChI=1S/C23H23NO4/c25-22(15-9-11-18(12-10-15)24(26)27)28-23(17-5-2-1-3-6-17)14-16-13-21(23)20-8-4-7-19(16)20/h1-3,5-6,9-12,16,19-21H,4,7-8,13-14H2/t16-,19+,20-,21+,23+/m0/s1. The molecule has 5 atom stereocenters. The Hall–Kier alpha value is -2.69. The first kappa shape index (κ1) is 17.4. The first-order chi connectivity index (χ1) is 13.6. The molecule has 0 amide bonds. The number of nitrogens with zero attached hydrogens (tertiary/aromatic N) is 1. The topological polar surface area (TPSA) is 69.4 Å². The van der Waals surface area contributed by atoms with Crippen LogP contribution in [0.3, 0.4) is 0 Å². The van der Waals surface area contributed by atoms with Gasteiger partial charge in [-0.1, -0.05) is 36.8 Å². The van der Waals surface area contributed by atoms with Crippen LogP contribution in [0.1, 0.15) is 48.0 Å². The number of non-ortho nitro benzene ring substituents is 1. The van der Waals surface area contributed by atoms with Gasteiger partial charge in [0.15, 0.2) is 0 Å². The van der Waals surface area contributed by atoms with Crippen molar-refractivity contribution in [1.29, 1.82) is 0 Å². The van der Waals surface area contributed by atoms with Crippen LogP contribution >= 0.6 is 0 Å². The number of esters is 1. The van der Waals surface area contributed by atoms with Gasteiger partial charge in [0, 0.05) is 18.1 Å². The second-order valence-electron chi connectivity index (χ2n) is 8.51. The molecule has 0 saturated heterocycles. The fourth-order valence-electron chi connectivity index (χ4n) is 6.26. The molecule has 0 unspecified atom stereocenters. The van der Waals surface area contributed by atoms with Gasteiger partial charge in [-0.15, -0.1) is 0 Å². The summed E-state index contributed by atoms with van der Waals surface area (Å²) in [6, 6.07) is 15.9. The van der Waals surface area contributed by atoms with Crippen molar-refractivity contribution in [2.24, 2.45) is 23.7 Å². The van der Waals surface area contributed by atoms with E-state index in [2.05, 4.69) is 12.1 Å². The van der Waals surface area contributed by atoms with Crippen LogP contribution < -0.4 is 0 Å². The van der Waals surface area contributed by atoms with E-state index >= 15 is 0 Å². The zero-order valence-corrected chi connectivity index (χ0v) is 15.6. The third kappa shape index (κ3) is 2.56. The first-order valence-electron chi connectivity index (χ1n) is 10.1. The summed E-state index contributed by atoms with van der Waals surface area (Å²) in [4.78, 5) is 23.5. The summed E-state index contributed by atoms with van der Waals surface area (Å²) in [5.74, 6) is 2.04. The number of nitro benzene ring substituents is 1. The van der Waals surface area contributed by atoms with E-state index in [0.717, 1.165) is 24.3 Å². The summed E-state index contributed by atoms with van der Waals surface area (Å²) in [5, 5.41) is 10.9. The van der Waals surface area contributed by atoms with Crippen LogP contribution in [0, 0.1) is 33.8 Å². The average Bonchev–Trinajstić information content (AvgIpc) is 3.41. The van der Waals surface area contributed by atoms with Crippen LogP contribution in [0.4, 0.5) is 5.69 Å². The molecule has 5 heteroatoms. The van der Waals surface area contributed by atoms with Crippen molar-refractivity contribution in [3.8, 4) is 0 Å².